The predicted octanol–water partition coefficient (Wildman–Crippen LogP) is 0.497. The number of ether oxygens (including phenoxy) is 1. The monoisotopic (exact) mass is 300 g/mol. The minimum absolute atomic E-state index is 0.0421. The summed E-state index contributed by atoms with van der Waals surface area (Å²) in [6.45, 7) is 2.78. The fraction of sp³-hybridized carbons (Fsp3) is 0.615. The molecule has 1 aliphatic rings. The second-order valence-corrected chi connectivity index (χ2v) is 7.19. The molecule has 20 heavy (non-hydrogen) atoms. The van der Waals surface area contributed by atoms with E-state index in [1.54, 1.807) is 11.6 Å². The van der Waals surface area contributed by atoms with Crippen molar-refractivity contribution < 1.29 is 13.2 Å². The standard InChI is InChI=1S/C13H20N2O4S/c1-10-8-12(9-13(16)14(10)2)19-11-4-6-15(7-5-11)20(3,17)18/h8-9,11H,4-7H2,1-3H3. The Morgan fingerprint density at radius 2 is 1.85 bits per heavy atom. The summed E-state index contributed by atoms with van der Waals surface area (Å²) in [6.07, 6.45) is 2.46. The van der Waals surface area contributed by atoms with Crippen LogP contribution >= 0.6 is 0 Å². The molecule has 2 heterocycles. The second kappa shape index (κ2) is 5.57. The van der Waals surface area contributed by atoms with Crippen molar-refractivity contribution in [3.63, 3.8) is 0 Å². The van der Waals surface area contributed by atoms with Crippen molar-refractivity contribution in [1.29, 1.82) is 0 Å². The van der Waals surface area contributed by atoms with E-state index in [9.17, 15) is 13.2 Å². The van der Waals surface area contributed by atoms with Crippen molar-refractivity contribution in [1.82, 2.24) is 8.87 Å². The first-order valence-electron chi connectivity index (χ1n) is 6.57. The molecule has 0 aromatic carbocycles. The van der Waals surface area contributed by atoms with E-state index >= 15 is 0 Å². The lowest BCUT2D eigenvalue weighted by Gasteiger charge is -2.30. The Hall–Kier alpha value is -1.34. The Morgan fingerprint density at radius 1 is 1.25 bits per heavy atom. The highest BCUT2D eigenvalue weighted by Crippen LogP contribution is 2.19. The van der Waals surface area contributed by atoms with Gasteiger partial charge >= 0.3 is 0 Å². The lowest BCUT2D eigenvalue weighted by molar-refractivity contribution is 0.135. The molecule has 0 spiro atoms. The van der Waals surface area contributed by atoms with Crippen LogP contribution in [0.1, 0.15) is 18.5 Å². The Bertz CT molecular complexity index is 643. The van der Waals surface area contributed by atoms with E-state index in [0.717, 1.165) is 5.69 Å². The number of hydrogen-bond acceptors (Lipinski definition) is 4. The molecular formula is C13H20N2O4S. The van der Waals surface area contributed by atoms with E-state index in [1.807, 2.05) is 13.0 Å². The van der Waals surface area contributed by atoms with Crippen LogP contribution < -0.4 is 10.3 Å². The third kappa shape index (κ3) is 3.40. The van der Waals surface area contributed by atoms with Crippen LogP contribution in [-0.2, 0) is 17.1 Å². The first-order valence-corrected chi connectivity index (χ1v) is 8.41. The average Bonchev–Trinajstić information content (AvgIpc) is 2.35. The first kappa shape index (κ1) is 15.1. The zero-order valence-electron chi connectivity index (χ0n) is 12.0. The van der Waals surface area contributed by atoms with Gasteiger partial charge in [-0.15, -0.1) is 0 Å². The molecule has 0 amide bonds. The minimum atomic E-state index is -3.12. The second-order valence-electron chi connectivity index (χ2n) is 5.21. The van der Waals surface area contributed by atoms with Crippen molar-refractivity contribution in [3.05, 3.63) is 28.2 Å². The fourth-order valence-electron chi connectivity index (χ4n) is 2.28. The maximum atomic E-state index is 11.7. The number of hydrogen-bond donors (Lipinski definition) is 0. The van der Waals surface area contributed by atoms with Gasteiger partial charge in [0.05, 0.1) is 6.26 Å². The van der Waals surface area contributed by atoms with Gasteiger partial charge in [-0.3, -0.25) is 4.79 Å². The van der Waals surface area contributed by atoms with Crippen LogP contribution in [-0.4, -0.2) is 42.7 Å². The molecule has 1 fully saturated rings. The van der Waals surface area contributed by atoms with E-state index < -0.39 is 10.0 Å². The van der Waals surface area contributed by atoms with Crippen molar-refractivity contribution in [3.8, 4) is 5.75 Å². The summed E-state index contributed by atoms with van der Waals surface area (Å²) in [5, 5.41) is 0. The Balaban J connectivity index is 2.01. The van der Waals surface area contributed by atoms with Gasteiger partial charge in [-0.1, -0.05) is 0 Å². The average molecular weight is 300 g/mol. The molecular weight excluding hydrogens is 280 g/mol. The number of aryl methyl sites for hydroxylation is 1. The molecule has 7 heteroatoms. The number of piperidine rings is 1. The van der Waals surface area contributed by atoms with E-state index in [4.69, 9.17) is 4.74 Å². The lowest BCUT2D eigenvalue weighted by Crippen LogP contribution is -2.41. The lowest BCUT2D eigenvalue weighted by atomic mass is 10.1. The number of pyridine rings is 1. The molecule has 1 aliphatic heterocycles. The molecule has 0 radical (unpaired) electrons. The van der Waals surface area contributed by atoms with Crippen LogP contribution in [0.15, 0.2) is 16.9 Å². The van der Waals surface area contributed by atoms with Crippen molar-refractivity contribution >= 4 is 10.0 Å². The fourth-order valence-corrected chi connectivity index (χ4v) is 3.15. The number of aromatic nitrogens is 1. The molecule has 0 bridgehead atoms. The Morgan fingerprint density at radius 3 is 2.35 bits per heavy atom. The van der Waals surface area contributed by atoms with Crippen LogP contribution in [0.4, 0.5) is 0 Å². The van der Waals surface area contributed by atoms with Gasteiger partial charge in [-0.05, 0) is 25.8 Å². The predicted molar refractivity (Wildman–Crippen MR) is 76.5 cm³/mol. The Labute approximate surface area is 119 Å². The van der Waals surface area contributed by atoms with Crippen LogP contribution in [0, 0.1) is 6.92 Å². The molecule has 6 nitrogen and oxygen atoms in total. The van der Waals surface area contributed by atoms with Crippen LogP contribution in [0.3, 0.4) is 0 Å². The number of nitrogens with zero attached hydrogens (tertiary/aromatic N) is 2. The quantitative estimate of drug-likeness (QED) is 0.815. The highest BCUT2D eigenvalue weighted by Gasteiger charge is 2.26. The van der Waals surface area contributed by atoms with E-state index in [2.05, 4.69) is 0 Å². The van der Waals surface area contributed by atoms with Crippen molar-refractivity contribution in [2.75, 3.05) is 19.3 Å². The summed E-state index contributed by atoms with van der Waals surface area (Å²) in [5.74, 6) is 0.559. The van der Waals surface area contributed by atoms with Crippen molar-refractivity contribution in [2.45, 2.75) is 25.9 Å². The first-order chi connectivity index (χ1) is 9.27. The summed E-state index contributed by atoms with van der Waals surface area (Å²) >= 11 is 0. The summed E-state index contributed by atoms with van der Waals surface area (Å²) in [5.41, 5.74) is 0.731. The van der Waals surface area contributed by atoms with Gasteiger partial charge in [0.1, 0.15) is 11.9 Å². The zero-order valence-corrected chi connectivity index (χ0v) is 12.8. The summed E-state index contributed by atoms with van der Waals surface area (Å²) in [7, 11) is -1.40. The highest BCUT2D eigenvalue weighted by atomic mass is 32.2. The maximum absolute atomic E-state index is 11.7. The molecule has 1 aromatic rings. The maximum Gasteiger partial charge on any atom is 0.254 e. The van der Waals surface area contributed by atoms with Crippen LogP contribution in [0.25, 0.3) is 0 Å². The summed E-state index contributed by atoms with van der Waals surface area (Å²) in [6, 6.07) is 3.29. The van der Waals surface area contributed by atoms with Gasteiger partial charge in [0, 0.05) is 31.9 Å². The molecule has 1 saturated heterocycles. The third-order valence-electron chi connectivity index (χ3n) is 3.65. The minimum Gasteiger partial charge on any atom is -0.490 e. The molecule has 112 valence electrons. The molecule has 0 unspecified atom stereocenters. The molecule has 0 atom stereocenters. The molecule has 1 aromatic heterocycles. The topological polar surface area (TPSA) is 68.6 Å². The molecule has 0 N–H and O–H groups in total. The van der Waals surface area contributed by atoms with E-state index in [0.29, 0.717) is 31.7 Å². The van der Waals surface area contributed by atoms with Gasteiger partial charge in [-0.25, -0.2) is 12.7 Å². The zero-order chi connectivity index (χ0) is 14.9. The van der Waals surface area contributed by atoms with Crippen molar-refractivity contribution in [2.24, 2.45) is 7.05 Å². The summed E-state index contributed by atoms with van der Waals surface area (Å²) < 4.78 is 31.7. The number of rotatable bonds is 3. The van der Waals surface area contributed by atoms with Gasteiger partial charge in [0.25, 0.3) is 5.56 Å². The van der Waals surface area contributed by atoms with Gasteiger partial charge in [0.2, 0.25) is 10.0 Å². The Kier molecular flexibility index (Phi) is 4.19. The highest BCUT2D eigenvalue weighted by molar-refractivity contribution is 7.88. The van der Waals surface area contributed by atoms with Crippen LogP contribution in [0.5, 0.6) is 5.75 Å². The molecule has 0 aliphatic carbocycles. The summed E-state index contributed by atoms with van der Waals surface area (Å²) in [4.78, 5) is 11.7. The van der Waals surface area contributed by atoms with E-state index in [-0.39, 0.29) is 11.7 Å². The third-order valence-corrected chi connectivity index (χ3v) is 4.95. The van der Waals surface area contributed by atoms with Gasteiger partial charge < -0.3 is 9.30 Å². The normalized spacial score (nSPS) is 18.1. The van der Waals surface area contributed by atoms with Crippen LogP contribution in [0.2, 0.25) is 0 Å². The van der Waals surface area contributed by atoms with Gasteiger partial charge in [-0.2, -0.15) is 0 Å². The smallest absolute Gasteiger partial charge is 0.254 e. The number of sulfonamides is 1. The molecule has 2 rings (SSSR count). The SMILES string of the molecule is Cc1cc(OC2CCN(S(C)(=O)=O)CC2)cc(=O)n1C. The largest absolute Gasteiger partial charge is 0.490 e. The van der Waals surface area contributed by atoms with Gasteiger partial charge in [0.15, 0.2) is 0 Å². The van der Waals surface area contributed by atoms with E-state index in [1.165, 1.54) is 16.6 Å². The molecule has 0 saturated carbocycles.